The number of halogens is 1. The molecule has 0 N–H and O–H groups in total. The van der Waals surface area contributed by atoms with Crippen LogP contribution in [-0.2, 0) is 0 Å². The number of aryl methyl sites for hydroxylation is 1. The van der Waals surface area contributed by atoms with Crippen LogP contribution in [0.1, 0.15) is 5.82 Å². The summed E-state index contributed by atoms with van der Waals surface area (Å²) < 4.78 is 23.4. The fourth-order valence-corrected chi connectivity index (χ4v) is 1.28. The first kappa shape index (κ1) is 9.64. The van der Waals surface area contributed by atoms with Crippen LogP contribution in [0, 0.1) is 12.7 Å². The summed E-state index contributed by atoms with van der Waals surface area (Å²) >= 11 is 0. The first-order chi connectivity index (χ1) is 7.22. The molecule has 0 amide bonds. The lowest BCUT2D eigenvalue weighted by Gasteiger charge is -2.04. The van der Waals surface area contributed by atoms with Gasteiger partial charge in [0.1, 0.15) is 17.1 Å². The quantitative estimate of drug-likeness (QED) is 0.759. The molecule has 0 saturated heterocycles. The Kier molecular flexibility index (Phi) is 2.37. The lowest BCUT2D eigenvalue weighted by molar-refractivity contribution is 0.399. The second kappa shape index (κ2) is 3.68. The number of hydrogen-bond donors (Lipinski definition) is 0. The van der Waals surface area contributed by atoms with Crippen molar-refractivity contribution in [2.24, 2.45) is 0 Å². The largest absolute Gasteiger partial charge is 0.496 e. The molecule has 0 bridgehead atoms. The van der Waals surface area contributed by atoms with Crippen molar-refractivity contribution in [3.63, 3.8) is 0 Å². The highest BCUT2D eigenvalue weighted by molar-refractivity contribution is 5.63. The third kappa shape index (κ3) is 1.68. The Hall–Kier alpha value is -1.91. The summed E-state index contributed by atoms with van der Waals surface area (Å²) in [5.74, 6) is 0.509. The van der Waals surface area contributed by atoms with Gasteiger partial charge in [-0.1, -0.05) is 11.2 Å². The summed E-state index contributed by atoms with van der Waals surface area (Å²) in [6, 6.07) is 4.51. The Morgan fingerprint density at radius 3 is 2.80 bits per heavy atom. The van der Waals surface area contributed by atoms with Crippen LogP contribution in [0.5, 0.6) is 5.75 Å². The first-order valence-electron chi connectivity index (χ1n) is 4.35. The highest BCUT2D eigenvalue weighted by Crippen LogP contribution is 2.30. The number of benzene rings is 1. The Morgan fingerprint density at radius 2 is 2.20 bits per heavy atom. The predicted octanol–water partition coefficient (Wildman–Crippen LogP) is 2.19. The van der Waals surface area contributed by atoms with Gasteiger partial charge in [-0.25, -0.2) is 4.39 Å². The number of methoxy groups -OCH3 is 1. The molecule has 78 valence electrons. The van der Waals surface area contributed by atoms with Crippen LogP contribution in [0.3, 0.4) is 0 Å². The molecule has 0 spiro atoms. The summed E-state index contributed by atoms with van der Waals surface area (Å²) in [5.41, 5.74) is 0.195. The van der Waals surface area contributed by atoms with Crippen LogP contribution in [0.4, 0.5) is 4.39 Å². The van der Waals surface area contributed by atoms with Crippen molar-refractivity contribution in [3.8, 4) is 17.2 Å². The molecule has 0 saturated carbocycles. The van der Waals surface area contributed by atoms with E-state index in [1.165, 1.54) is 13.2 Å². The fourth-order valence-electron chi connectivity index (χ4n) is 1.28. The van der Waals surface area contributed by atoms with Gasteiger partial charge in [-0.2, -0.15) is 4.98 Å². The molecular weight excluding hydrogens is 199 g/mol. The van der Waals surface area contributed by atoms with Gasteiger partial charge in [-0.05, 0) is 19.1 Å². The van der Waals surface area contributed by atoms with Crippen LogP contribution >= 0.6 is 0 Å². The van der Waals surface area contributed by atoms with E-state index in [0.717, 1.165) is 0 Å². The fraction of sp³-hybridized carbons (Fsp3) is 0.200. The number of rotatable bonds is 2. The number of hydrogen-bond acceptors (Lipinski definition) is 4. The average molecular weight is 208 g/mol. The molecule has 4 nitrogen and oxygen atoms in total. The molecule has 2 aromatic rings. The molecule has 15 heavy (non-hydrogen) atoms. The number of nitrogens with zero attached hydrogens (tertiary/aromatic N) is 2. The van der Waals surface area contributed by atoms with Gasteiger partial charge in [0.2, 0.25) is 0 Å². The molecule has 2 rings (SSSR count). The van der Waals surface area contributed by atoms with E-state index in [2.05, 4.69) is 10.1 Å². The second-order valence-electron chi connectivity index (χ2n) is 2.96. The van der Waals surface area contributed by atoms with E-state index in [1.807, 2.05) is 0 Å². The van der Waals surface area contributed by atoms with Crippen LogP contribution in [0.25, 0.3) is 11.5 Å². The van der Waals surface area contributed by atoms with Crippen molar-refractivity contribution in [2.75, 3.05) is 7.11 Å². The smallest absolute Gasteiger partial charge is 0.264 e. The van der Waals surface area contributed by atoms with E-state index >= 15 is 0 Å². The zero-order chi connectivity index (χ0) is 10.8. The van der Waals surface area contributed by atoms with E-state index in [4.69, 9.17) is 9.26 Å². The second-order valence-corrected chi connectivity index (χ2v) is 2.96. The van der Waals surface area contributed by atoms with Gasteiger partial charge in [-0.15, -0.1) is 0 Å². The zero-order valence-electron chi connectivity index (χ0n) is 8.32. The third-order valence-electron chi connectivity index (χ3n) is 1.94. The van der Waals surface area contributed by atoms with Crippen molar-refractivity contribution >= 4 is 0 Å². The van der Waals surface area contributed by atoms with E-state index in [0.29, 0.717) is 11.6 Å². The topological polar surface area (TPSA) is 48.2 Å². The normalized spacial score (nSPS) is 10.3. The third-order valence-corrected chi connectivity index (χ3v) is 1.94. The molecule has 1 aromatic carbocycles. The summed E-state index contributed by atoms with van der Waals surface area (Å²) in [5, 5.41) is 3.60. The summed E-state index contributed by atoms with van der Waals surface area (Å²) in [4.78, 5) is 3.95. The average Bonchev–Trinajstić information content (AvgIpc) is 2.64. The minimum absolute atomic E-state index is 0.127. The maximum atomic E-state index is 13.5. The van der Waals surface area contributed by atoms with Gasteiger partial charge >= 0.3 is 0 Å². The lowest BCUT2D eigenvalue weighted by atomic mass is 10.2. The van der Waals surface area contributed by atoms with Gasteiger partial charge in [-0.3, -0.25) is 0 Å². The van der Waals surface area contributed by atoms with Crippen molar-refractivity contribution < 1.29 is 13.7 Å². The summed E-state index contributed by atoms with van der Waals surface area (Å²) in [6.07, 6.45) is 0. The van der Waals surface area contributed by atoms with E-state index in [1.54, 1.807) is 19.1 Å². The van der Waals surface area contributed by atoms with Crippen LogP contribution in [0.15, 0.2) is 22.7 Å². The predicted molar refractivity (Wildman–Crippen MR) is 51.0 cm³/mol. The van der Waals surface area contributed by atoms with Gasteiger partial charge in [0.15, 0.2) is 5.82 Å². The molecule has 0 fully saturated rings. The Morgan fingerprint density at radius 1 is 1.40 bits per heavy atom. The maximum absolute atomic E-state index is 13.5. The highest BCUT2D eigenvalue weighted by atomic mass is 19.1. The molecule has 5 heteroatoms. The van der Waals surface area contributed by atoms with Crippen molar-refractivity contribution in [2.45, 2.75) is 6.92 Å². The Bertz CT molecular complexity index is 482. The van der Waals surface area contributed by atoms with Crippen LogP contribution in [-0.4, -0.2) is 17.3 Å². The minimum atomic E-state index is -0.446. The zero-order valence-corrected chi connectivity index (χ0v) is 8.32. The van der Waals surface area contributed by atoms with E-state index in [9.17, 15) is 4.39 Å². The maximum Gasteiger partial charge on any atom is 0.264 e. The minimum Gasteiger partial charge on any atom is -0.496 e. The van der Waals surface area contributed by atoms with Gasteiger partial charge < -0.3 is 9.26 Å². The van der Waals surface area contributed by atoms with Gasteiger partial charge in [0.25, 0.3) is 5.89 Å². The molecule has 1 heterocycles. The van der Waals surface area contributed by atoms with Gasteiger partial charge in [0.05, 0.1) is 7.11 Å². The highest BCUT2D eigenvalue weighted by Gasteiger charge is 2.16. The van der Waals surface area contributed by atoms with Crippen molar-refractivity contribution in [1.29, 1.82) is 0 Å². The van der Waals surface area contributed by atoms with Crippen LogP contribution < -0.4 is 4.74 Å². The summed E-state index contributed by atoms with van der Waals surface area (Å²) in [7, 11) is 1.46. The van der Waals surface area contributed by atoms with Gasteiger partial charge in [0, 0.05) is 0 Å². The number of aromatic nitrogens is 2. The molecule has 0 aliphatic rings. The van der Waals surface area contributed by atoms with E-state index < -0.39 is 5.82 Å². The molecular formula is C10H9FN2O2. The summed E-state index contributed by atoms with van der Waals surface area (Å²) in [6.45, 7) is 1.67. The molecule has 0 unspecified atom stereocenters. The molecule has 0 radical (unpaired) electrons. The molecule has 0 aliphatic heterocycles. The van der Waals surface area contributed by atoms with Crippen LogP contribution in [0.2, 0.25) is 0 Å². The molecule has 0 atom stereocenters. The first-order valence-corrected chi connectivity index (χ1v) is 4.35. The standard InChI is InChI=1S/C10H9FN2O2/c1-6-12-10(15-13-6)9-7(11)4-3-5-8(9)14-2/h3-5H,1-2H3. The Labute approximate surface area is 85.7 Å². The SMILES string of the molecule is COc1cccc(F)c1-c1nc(C)no1. The molecule has 0 aliphatic carbocycles. The monoisotopic (exact) mass is 208 g/mol. The lowest BCUT2D eigenvalue weighted by Crippen LogP contribution is -1.91. The number of ether oxygens (including phenoxy) is 1. The van der Waals surface area contributed by atoms with Crippen molar-refractivity contribution in [1.82, 2.24) is 10.1 Å². The van der Waals surface area contributed by atoms with E-state index in [-0.39, 0.29) is 11.5 Å². The molecule has 1 aromatic heterocycles. The Balaban J connectivity index is 2.60. The van der Waals surface area contributed by atoms with Crippen molar-refractivity contribution in [3.05, 3.63) is 29.8 Å².